The van der Waals surface area contributed by atoms with Crippen LogP contribution in [0, 0.1) is 19.8 Å². The Balaban J connectivity index is 1.19. The van der Waals surface area contributed by atoms with Crippen LogP contribution in [0.25, 0.3) is 6.08 Å². The van der Waals surface area contributed by atoms with Gasteiger partial charge in [-0.15, -0.1) is 0 Å². The van der Waals surface area contributed by atoms with E-state index < -0.39 is 23.9 Å². The highest BCUT2D eigenvalue weighted by molar-refractivity contribution is 6.26. The monoisotopic (exact) mass is 602 g/mol. The van der Waals surface area contributed by atoms with Crippen LogP contribution in [0.3, 0.4) is 0 Å². The SMILES string of the molecule is COc1ccccc1N1C(=O)C2N=NN(CC(=O)N3N=C4/C(=C\c5ccc(C)cc5)CCCC4C3c3ccc(C)cc3)C2C1=O. The number of ether oxygens (including phenoxy) is 1. The average Bonchev–Trinajstić information content (AvgIpc) is 3.72. The molecule has 228 valence electrons. The van der Waals surface area contributed by atoms with Gasteiger partial charge in [-0.25, -0.2) is 9.91 Å². The molecule has 7 rings (SSSR count). The van der Waals surface area contributed by atoms with Crippen molar-refractivity contribution < 1.29 is 19.1 Å². The van der Waals surface area contributed by atoms with Crippen LogP contribution in [-0.2, 0) is 14.4 Å². The predicted octanol–water partition coefficient (Wildman–Crippen LogP) is 5.43. The number of hydrazone groups is 1. The number of amides is 3. The van der Waals surface area contributed by atoms with Crippen LogP contribution in [0.15, 0.2) is 93.8 Å². The van der Waals surface area contributed by atoms with Crippen LogP contribution >= 0.6 is 0 Å². The van der Waals surface area contributed by atoms with Crippen molar-refractivity contribution in [3.63, 3.8) is 0 Å². The quantitative estimate of drug-likeness (QED) is 0.350. The van der Waals surface area contributed by atoms with Crippen LogP contribution < -0.4 is 9.64 Å². The molecule has 2 fully saturated rings. The van der Waals surface area contributed by atoms with Crippen molar-refractivity contribution in [2.24, 2.45) is 21.4 Å². The number of hydrogen-bond acceptors (Lipinski definition) is 8. The average molecular weight is 603 g/mol. The fraction of sp³-hybridized carbons (Fsp3) is 0.314. The maximum absolute atomic E-state index is 14.2. The summed E-state index contributed by atoms with van der Waals surface area (Å²) in [5.41, 5.74) is 6.83. The first-order valence-electron chi connectivity index (χ1n) is 15.3. The number of hydrogen-bond donors (Lipinski definition) is 0. The molecule has 10 heteroatoms. The molecule has 4 aliphatic rings. The Morgan fingerprint density at radius 3 is 2.38 bits per heavy atom. The standard InChI is InChI=1S/C35H34N6O4/c1-21-11-15-23(16-12-21)19-25-7-6-8-26-30(25)37-41(32(26)24-17-13-22(2)14-18-24)29(42)20-39-33-31(36-38-39)34(43)40(35(33)44)27-9-4-5-10-28(27)45-3/h4-5,9-19,26,31-33H,6-8,20H2,1-3H3/b25-19-. The molecule has 0 spiro atoms. The predicted molar refractivity (Wildman–Crippen MR) is 169 cm³/mol. The van der Waals surface area contributed by atoms with Crippen LogP contribution in [0.1, 0.15) is 47.6 Å². The van der Waals surface area contributed by atoms with E-state index in [1.54, 1.807) is 29.3 Å². The topological polar surface area (TPSA) is 107 Å². The molecule has 3 heterocycles. The lowest BCUT2D eigenvalue weighted by molar-refractivity contribution is -0.136. The van der Waals surface area contributed by atoms with Crippen LogP contribution in [0.5, 0.6) is 5.75 Å². The molecule has 3 aromatic carbocycles. The Bertz CT molecular complexity index is 1760. The second-order valence-electron chi connectivity index (χ2n) is 12.0. The van der Waals surface area contributed by atoms with Crippen molar-refractivity contribution in [2.45, 2.75) is 51.2 Å². The van der Waals surface area contributed by atoms with Gasteiger partial charge in [0, 0.05) is 5.92 Å². The Morgan fingerprint density at radius 1 is 0.933 bits per heavy atom. The van der Waals surface area contributed by atoms with Gasteiger partial charge in [-0.05, 0) is 68.0 Å². The maximum atomic E-state index is 14.2. The second kappa shape index (κ2) is 11.4. The van der Waals surface area contributed by atoms with E-state index in [1.165, 1.54) is 17.7 Å². The minimum absolute atomic E-state index is 0.0331. The summed E-state index contributed by atoms with van der Waals surface area (Å²) in [5, 5.41) is 16.2. The fourth-order valence-corrected chi connectivity index (χ4v) is 6.78. The van der Waals surface area contributed by atoms with E-state index in [-0.39, 0.29) is 24.4 Å². The van der Waals surface area contributed by atoms with Gasteiger partial charge < -0.3 is 4.74 Å². The lowest BCUT2D eigenvalue weighted by Crippen LogP contribution is -2.45. The summed E-state index contributed by atoms with van der Waals surface area (Å²) in [7, 11) is 1.48. The van der Waals surface area contributed by atoms with Gasteiger partial charge in [-0.1, -0.05) is 77.0 Å². The molecule has 3 aromatic rings. The van der Waals surface area contributed by atoms with Crippen molar-refractivity contribution >= 4 is 35.2 Å². The zero-order valence-corrected chi connectivity index (χ0v) is 25.5. The largest absolute Gasteiger partial charge is 0.495 e. The summed E-state index contributed by atoms with van der Waals surface area (Å²) in [6.45, 7) is 3.86. The van der Waals surface area contributed by atoms with E-state index in [0.29, 0.717) is 11.4 Å². The molecule has 10 nitrogen and oxygen atoms in total. The zero-order chi connectivity index (χ0) is 31.2. The minimum Gasteiger partial charge on any atom is -0.495 e. The molecule has 45 heavy (non-hydrogen) atoms. The van der Waals surface area contributed by atoms with Crippen molar-refractivity contribution in [1.29, 1.82) is 0 Å². The Hall–Kier alpha value is -5.12. The van der Waals surface area contributed by atoms with Crippen LogP contribution in [-0.4, -0.2) is 59.2 Å². The summed E-state index contributed by atoms with van der Waals surface area (Å²) >= 11 is 0. The molecule has 1 saturated heterocycles. The van der Waals surface area contributed by atoms with Gasteiger partial charge in [0.2, 0.25) is 0 Å². The van der Waals surface area contributed by atoms with Crippen molar-refractivity contribution in [2.75, 3.05) is 18.6 Å². The molecule has 3 amide bonds. The van der Waals surface area contributed by atoms with Crippen molar-refractivity contribution in [1.82, 2.24) is 10.0 Å². The van der Waals surface area contributed by atoms with Gasteiger partial charge in [0.05, 0.1) is 24.6 Å². The number of fused-ring (bicyclic) bond motifs is 2. The number of aryl methyl sites for hydroxylation is 2. The molecule has 0 radical (unpaired) electrons. The highest BCUT2D eigenvalue weighted by Gasteiger charge is 2.56. The molecular formula is C35H34N6O4. The number of rotatable bonds is 6. The third kappa shape index (κ3) is 5.00. The maximum Gasteiger partial charge on any atom is 0.264 e. The van der Waals surface area contributed by atoms with E-state index in [1.807, 2.05) is 6.92 Å². The van der Waals surface area contributed by atoms with E-state index >= 15 is 0 Å². The fourth-order valence-electron chi connectivity index (χ4n) is 6.78. The summed E-state index contributed by atoms with van der Waals surface area (Å²) < 4.78 is 5.40. The van der Waals surface area contributed by atoms with Gasteiger partial charge in [0.1, 0.15) is 12.3 Å². The summed E-state index contributed by atoms with van der Waals surface area (Å²) in [6.07, 6.45) is 4.96. The first-order chi connectivity index (χ1) is 21.8. The molecule has 4 atom stereocenters. The number of nitrogens with zero attached hydrogens (tertiary/aromatic N) is 6. The highest BCUT2D eigenvalue weighted by Crippen LogP contribution is 2.45. The number of benzene rings is 3. The molecule has 1 aliphatic carbocycles. The van der Waals surface area contributed by atoms with Crippen molar-refractivity contribution in [3.8, 4) is 5.75 Å². The van der Waals surface area contributed by atoms with Crippen LogP contribution in [0.2, 0.25) is 0 Å². The molecule has 4 unspecified atom stereocenters. The van der Waals surface area contributed by atoms with Gasteiger partial charge in [-0.3, -0.25) is 19.4 Å². The van der Waals surface area contributed by atoms with Gasteiger partial charge in [0.25, 0.3) is 17.7 Å². The molecule has 0 N–H and O–H groups in total. The number of carbonyl (C=O) groups is 3. The third-order valence-electron chi connectivity index (χ3n) is 9.08. The number of methoxy groups -OCH3 is 1. The number of carbonyl (C=O) groups excluding carboxylic acids is 3. The smallest absolute Gasteiger partial charge is 0.264 e. The minimum atomic E-state index is -1.03. The van der Waals surface area contributed by atoms with Gasteiger partial charge in [0.15, 0.2) is 12.1 Å². The van der Waals surface area contributed by atoms with Gasteiger partial charge >= 0.3 is 0 Å². The van der Waals surface area contributed by atoms with E-state index in [0.717, 1.165) is 52.1 Å². The van der Waals surface area contributed by atoms with E-state index in [4.69, 9.17) is 9.84 Å². The van der Waals surface area contributed by atoms with Crippen LogP contribution in [0.4, 0.5) is 5.69 Å². The lowest BCUT2D eigenvalue weighted by Gasteiger charge is -2.30. The zero-order valence-electron chi connectivity index (χ0n) is 25.5. The Morgan fingerprint density at radius 2 is 1.64 bits per heavy atom. The lowest BCUT2D eigenvalue weighted by atomic mass is 9.77. The summed E-state index contributed by atoms with van der Waals surface area (Å²) in [5.74, 6) is -0.876. The highest BCUT2D eigenvalue weighted by atomic mass is 16.5. The molecular weight excluding hydrogens is 568 g/mol. The third-order valence-corrected chi connectivity index (χ3v) is 9.08. The van der Waals surface area contributed by atoms with E-state index in [2.05, 4.69) is 71.9 Å². The number of para-hydroxylation sites is 2. The first kappa shape index (κ1) is 28.6. The van der Waals surface area contributed by atoms with E-state index in [9.17, 15) is 14.4 Å². The summed E-state index contributed by atoms with van der Waals surface area (Å²) in [4.78, 5) is 42.2. The molecule has 3 aliphatic heterocycles. The number of anilines is 1. The Kier molecular flexibility index (Phi) is 7.27. The summed E-state index contributed by atoms with van der Waals surface area (Å²) in [6, 6.07) is 21.1. The second-order valence-corrected chi connectivity index (χ2v) is 12.0. The van der Waals surface area contributed by atoms with Gasteiger partial charge in [-0.2, -0.15) is 10.2 Å². The normalized spacial score (nSPS) is 24.7. The molecule has 0 bridgehead atoms. The number of allylic oxidation sites excluding steroid dienone is 1. The Labute approximate surface area is 261 Å². The molecule has 0 aromatic heterocycles. The number of imide groups is 1. The molecule has 1 saturated carbocycles. The van der Waals surface area contributed by atoms with Crippen molar-refractivity contribution in [3.05, 3.63) is 101 Å². The first-order valence-corrected chi connectivity index (χ1v) is 15.3.